The SMILES string of the molecule is CC(=O)c1ccc(NC(=O)NC(C)(C)C)cc1. The lowest BCUT2D eigenvalue weighted by molar-refractivity contribution is 0.101. The molecule has 17 heavy (non-hydrogen) atoms. The van der Waals surface area contributed by atoms with E-state index >= 15 is 0 Å². The van der Waals surface area contributed by atoms with E-state index in [1.165, 1.54) is 6.92 Å². The van der Waals surface area contributed by atoms with Gasteiger partial charge in [-0.25, -0.2) is 4.79 Å². The molecule has 0 bridgehead atoms. The van der Waals surface area contributed by atoms with Crippen LogP contribution in [0.15, 0.2) is 24.3 Å². The lowest BCUT2D eigenvalue weighted by atomic mass is 10.1. The van der Waals surface area contributed by atoms with Crippen LogP contribution in [0.2, 0.25) is 0 Å². The van der Waals surface area contributed by atoms with Gasteiger partial charge < -0.3 is 10.6 Å². The molecule has 4 nitrogen and oxygen atoms in total. The summed E-state index contributed by atoms with van der Waals surface area (Å²) < 4.78 is 0. The van der Waals surface area contributed by atoms with Gasteiger partial charge in [0.2, 0.25) is 0 Å². The maximum Gasteiger partial charge on any atom is 0.319 e. The Balaban J connectivity index is 2.64. The Morgan fingerprint density at radius 2 is 1.59 bits per heavy atom. The third kappa shape index (κ3) is 4.68. The molecule has 0 aliphatic heterocycles. The monoisotopic (exact) mass is 234 g/mol. The van der Waals surface area contributed by atoms with Crippen molar-refractivity contribution in [2.45, 2.75) is 33.2 Å². The molecule has 0 fully saturated rings. The fraction of sp³-hybridized carbons (Fsp3) is 0.385. The molecule has 0 saturated carbocycles. The smallest absolute Gasteiger partial charge is 0.319 e. The fourth-order valence-electron chi connectivity index (χ4n) is 1.29. The number of hydrogen-bond donors (Lipinski definition) is 2. The van der Waals surface area contributed by atoms with E-state index in [0.29, 0.717) is 11.3 Å². The molecule has 0 aliphatic rings. The molecule has 0 saturated heterocycles. The van der Waals surface area contributed by atoms with Crippen molar-refractivity contribution in [3.8, 4) is 0 Å². The van der Waals surface area contributed by atoms with Crippen LogP contribution >= 0.6 is 0 Å². The first-order valence-corrected chi connectivity index (χ1v) is 5.48. The van der Waals surface area contributed by atoms with Gasteiger partial charge in [0.15, 0.2) is 5.78 Å². The second kappa shape index (κ2) is 4.99. The number of nitrogens with one attached hydrogen (secondary N) is 2. The van der Waals surface area contributed by atoms with Gasteiger partial charge in [0.25, 0.3) is 0 Å². The lowest BCUT2D eigenvalue weighted by Gasteiger charge is -2.20. The van der Waals surface area contributed by atoms with Crippen molar-refractivity contribution in [2.24, 2.45) is 0 Å². The minimum absolute atomic E-state index is 0.00990. The Labute approximate surface area is 101 Å². The van der Waals surface area contributed by atoms with Gasteiger partial charge in [-0.1, -0.05) is 0 Å². The number of carbonyl (C=O) groups excluding carboxylic acids is 2. The van der Waals surface area contributed by atoms with E-state index in [-0.39, 0.29) is 17.4 Å². The predicted molar refractivity (Wildman–Crippen MR) is 68.4 cm³/mol. The summed E-state index contributed by atoms with van der Waals surface area (Å²) in [7, 11) is 0. The van der Waals surface area contributed by atoms with Gasteiger partial charge in [-0.15, -0.1) is 0 Å². The molecule has 2 amide bonds. The van der Waals surface area contributed by atoms with Gasteiger partial charge in [-0.2, -0.15) is 0 Å². The Kier molecular flexibility index (Phi) is 3.89. The highest BCUT2D eigenvalue weighted by Gasteiger charge is 2.13. The first-order chi connectivity index (χ1) is 7.78. The molecule has 0 aromatic heterocycles. The molecule has 1 rings (SSSR count). The number of amides is 2. The summed E-state index contributed by atoms with van der Waals surface area (Å²) in [5, 5.41) is 5.49. The fourth-order valence-corrected chi connectivity index (χ4v) is 1.29. The van der Waals surface area contributed by atoms with E-state index in [2.05, 4.69) is 10.6 Å². The van der Waals surface area contributed by atoms with Crippen LogP contribution in [0.4, 0.5) is 10.5 Å². The molecule has 0 heterocycles. The van der Waals surface area contributed by atoms with Crippen molar-refractivity contribution in [3.63, 3.8) is 0 Å². The zero-order chi connectivity index (χ0) is 13.1. The molecule has 0 aliphatic carbocycles. The summed E-state index contributed by atoms with van der Waals surface area (Å²) in [6.07, 6.45) is 0. The summed E-state index contributed by atoms with van der Waals surface area (Å²) in [4.78, 5) is 22.6. The van der Waals surface area contributed by atoms with Crippen LogP contribution in [0, 0.1) is 0 Å². The van der Waals surface area contributed by atoms with Crippen LogP contribution in [0.5, 0.6) is 0 Å². The van der Waals surface area contributed by atoms with Crippen molar-refractivity contribution in [3.05, 3.63) is 29.8 Å². The minimum Gasteiger partial charge on any atom is -0.333 e. The van der Waals surface area contributed by atoms with Gasteiger partial charge in [-0.05, 0) is 52.0 Å². The molecule has 4 heteroatoms. The molecule has 2 N–H and O–H groups in total. The molecule has 92 valence electrons. The third-order valence-electron chi connectivity index (χ3n) is 2.04. The van der Waals surface area contributed by atoms with Crippen LogP contribution in [-0.2, 0) is 0 Å². The molecular formula is C13H18N2O2. The van der Waals surface area contributed by atoms with Crippen LogP contribution in [0.3, 0.4) is 0 Å². The summed E-state index contributed by atoms with van der Waals surface area (Å²) in [6, 6.07) is 6.54. The zero-order valence-electron chi connectivity index (χ0n) is 10.6. The van der Waals surface area contributed by atoms with E-state index in [1.54, 1.807) is 24.3 Å². The summed E-state index contributed by atoms with van der Waals surface area (Å²) in [5.41, 5.74) is 1.02. The normalized spacial score (nSPS) is 10.8. The van der Waals surface area contributed by atoms with Crippen LogP contribution in [0.1, 0.15) is 38.1 Å². The van der Waals surface area contributed by atoms with Crippen molar-refractivity contribution in [1.82, 2.24) is 5.32 Å². The number of ketones is 1. The van der Waals surface area contributed by atoms with Gasteiger partial charge >= 0.3 is 6.03 Å². The Bertz CT molecular complexity index is 416. The molecule has 0 radical (unpaired) electrons. The van der Waals surface area contributed by atoms with Gasteiger partial charge in [-0.3, -0.25) is 4.79 Å². The highest BCUT2D eigenvalue weighted by Crippen LogP contribution is 2.10. The number of benzene rings is 1. The number of rotatable bonds is 2. The van der Waals surface area contributed by atoms with Crippen molar-refractivity contribution in [1.29, 1.82) is 0 Å². The standard InChI is InChI=1S/C13H18N2O2/c1-9(16)10-5-7-11(8-6-10)14-12(17)15-13(2,3)4/h5-8H,1-4H3,(H2,14,15,17). The van der Waals surface area contributed by atoms with Crippen molar-refractivity contribution >= 4 is 17.5 Å². The topological polar surface area (TPSA) is 58.2 Å². The second-order valence-electron chi connectivity index (χ2n) is 4.96. The average molecular weight is 234 g/mol. The Morgan fingerprint density at radius 3 is 2.00 bits per heavy atom. The second-order valence-corrected chi connectivity index (χ2v) is 4.96. The maximum absolute atomic E-state index is 11.6. The third-order valence-corrected chi connectivity index (χ3v) is 2.04. The maximum atomic E-state index is 11.6. The number of anilines is 1. The summed E-state index contributed by atoms with van der Waals surface area (Å²) in [6.45, 7) is 7.23. The van der Waals surface area contributed by atoms with E-state index in [9.17, 15) is 9.59 Å². The number of carbonyl (C=O) groups is 2. The summed E-state index contributed by atoms with van der Waals surface area (Å²) >= 11 is 0. The first kappa shape index (κ1) is 13.2. The van der Waals surface area contributed by atoms with Crippen LogP contribution < -0.4 is 10.6 Å². The van der Waals surface area contributed by atoms with Crippen LogP contribution in [0.25, 0.3) is 0 Å². The molecular weight excluding hydrogens is 216 g/mol. The van der Waals surface area contributed by atoms with Crippen LogP contribution in [-0.4, -0.2) is 17.4 Å². The van der Waals surface area contributed by atoms with Gasteiger partial charge in [0.1, 0.15) is 0 Å². The molecule has 1 aromatic rings. The van der Waals surface area contributed by atoms with Gasteiger partial charge in [0, 0.05) is 16.8 Å². The van der Waals surface area contributed by atoms with Gasteiger partial charge in [0.05, 0.1) is 0 Å². The number of hydrogen-bond acceptors (Lipinski definition) is 2. The van der Waals surface area contributed by atoms with Crippen molar-refractivity contribution in [2.75, 3.05) is 5.32 Å². The number of urea groups is 1. The van der Waals surface area contributed by atoms with Crippen molar-refractivity contribution < 1.29 is 9.59 Å². The van der Waals surface area contributed by atoms with E-state index in [4.69, 9.17) is 0 Å². The van der Waals surface area contributed by atoms with E-state index in [0.717, 1.165) is 0 Å². The highest BCUT2D eigenvalue weighted by molar-refractivity contribution is 5.95. The Hall–Kier alpha value is -1.84. The van der Waals surface area contributed by atoms with E-state index < -0.39 is 0 Å². The molecule has 1 aromatic carbocycles. The largest absolute Gasteiger partial charge is 0.333 e. The highest BCUT2D eigenvalue weighted by atomic mass is 16.2. The molecule has 0 spiro atoms. The average Bonchev–Trinajstić information content (AvgIpc) is 2.15. The molecule has 0 unspecified atom stereocenters. The lowest BCUT2D eigenvalue weighted by Crippen LogP contribution is -2.43. The molecule has 0 atom stereocenters. The quantitative estimate of drug-likeness (QED) is 0.773. The number of Topliss-reactive ketones (excluding diaryl/α,β-unsaturated/α-hetero) is 1. The van der Waals surface area contributed by atoms with E-state index in [1.807, 2.05) is 20.8 Å². The Morgan fingerprint density at radius 1 is 1.06 bits per heavy atom. The first-order valence-electron chi connectivity index (χ1n) is 5.48. The minimum atomic E-state index is -0.274. The predicted octanol–water partition coefficient (Wildman–Crippen LogP) is 2.81. The zero-order valence-corrected chi connectivity index (χ0v) is 10.6. The summed E-state index contributed by atoms with van der Waals surface area (Å²) in [5.74, 6) is 0.00990.